The molecule has 0 spiro atoms. The minimum atomic E-state index is -0.330. The van der Waals surface area contributed by atoms with Gasteiger partial charge in [-0.25, -0.2) is 10.5 Å². The van der Waals surface area contributed by atoms with Gasteiger partial charge < -0.3 is 5.73 Å². The zero-order valence-electron chi connectivity index (χ0n) is 9.69. The molecular formula is C10H17N3O2S. The molecule has 1 heterocycles. The molecule has 16 heavy (non-hydrogen) atoms. The molecule has 6 heteroatoms. The van der Waals surface area contributed by atoms with Gasteiger partial charge in [0, 0.05) is 5.38 Å². The quantitative estimate of drug-likeness (QED) is 0.768. The van der Waals surface area contributed by atoms with E-state index >= 15 is 0 Å². The van der Waals surface area contributed by atoms with E-state index in [9.17, 15) is 4.79 Å². The molecule has 3 N–H and O–H groups in total. The number of carbonyl (C=O) groups excluding carboxylic acids is 1. The molecule has 0 fully saturated rings. The maximum absolute atomic E-state index is 11.5. The molecule has 1 atom stereocenters. The van der Waals surface area contributed by atoms with Crippen LogP contribution in [0.15, 0.2) is 5.38 Å². The highest BCUT2D eigenvalue weighted by atomic mass is 32.1. The Morgan fingerprint density at radius 1 is 1.62 bits per heavy atom. The first kappa shape index (κ1) is 13.1. The summed E-state index contributed by atoms with van der Waals surface area (Å²) in [5.41, 5.74) is 8.35. The van der Waals surface area contributed by atoms with E-state index in [2.05, 4.69) is 10.5 Å². The Morgan fingerprint density at radius 2 is 2.31 bits per heavy atom. The molecule has 1 amide bonds. The molecule has 0 saturated heterocycles. The third kappa shape index (κ3) is 3.88. The molecule has 0 aliphatic heterocycles. The second kappa shape index (κ2) is 5.93. The van der Waals surface area contributed by atoms with E-state index < -0.39 is 0 Å². The maximum atomic E-state index is 11.5. The Labute approximate surface area is 99.0 Å². The lowest BCUT2D eigenvalue weighted by Gasteiger charge is -2.06. The standard InChI is InChI=1S/C10H17N3O2S/c1-6(2)4-15-13-9(14)8-5-16-10(12-8)7(3)11/h5-7H,4,11H2,1-3H3,(H,13,14). The smallest absolute Gasteiger partial charge is 0.294 e. The number of amides is 1. The van der Waals surface area contributed by atoms with Crippen molar-refractivity contribution in [2.45, 2.75) is 26.8 Å². The zero-order chi connectivity index (χ0) is 12.1. The van der Waals surface area contributed by atoms with Crippen molar-refractivity contribution < 1.29 is 9.63 Å². The van der Waals surface area contributed by atoms with Gasteiger partial charge in [-0.15, -0.1) is 11.3 Å². The molecule has 0 aliphatic rings. The van der Waals surface area contributed by atoms with E-state index in [4.69, 9.17) is 10.6 Å². The largest absolute Gasteiger partial charge is 0.322 e. The molecule has 1 aromatic heterocycles. The molecule has 0 bridgehead atoms. The van der Waals surface area contributed by atoms with E-state index in [1.54, 1.807) is 5.38 Å². The predicted octanol–water partition coefficient (Wildman–Crippen LogP) is 1.48. The molecule has 1 aromatic rings. The summed E-state index contributed by atoms with van der Waals surface area (Å²) in [7, 11) is 0. The molecular weight excluding hydrogens is 226 g/mol. The van der Waals surface area contributed by atoms with Crippen LogP contribution in [0, 0.1) is 5.92 Å². The van der Waals surface area contributed by atoms with E-state index in [1.165, 1.54) is 11.3 Å². The average Bonchev–Trinajstić information content (AvgIpc) is 2.65. The van der Waals surface area contributed by atoms with Crippen molar-refractivity contribution in [3.63, 3.8) is 0 Å². The third-order valence-electron chi connectivity index (χ3n) is 1.73. The lowest BCUT2D eigenvalue weighted by atomic mass is 10.2. The van der Waals surface area contributed by atoms with E-state index in [0.717, 1.165) is 5.01 Å². The monoisotopic (exact) mass is 243 g/mol. The van der Waals surface area contributed by atoms with Gasteiger partial charge in [-0.05, 0) is 12.8 Å². The van der Waals surface area contributed by atoms with Gasteiger partial charge >= 0.3 is 0 Å². The second-order valence-corrected chi connectivity index (χ2v) is 4.89. The SMILES string of the molecule is CC(C)CONC(=O)c1csc(C(C)N)n1. The second-order valence-electron chi connectivity index (χ2n) is 4.00. The molecule has 0 saturated carbocycles. The minimum Gasteiger partial charge on any atom is -0.322 e. The van der Waals surface area contributed by atoms with Crippen LogP contribution in [0.3, 0.4) is 0 Å². The Bertz CT molecular complexity index is 350. The first-order valence-electron chi connectivity index (χ1n) is 5.13. The summed E-state index contributed by atoms with van der Waals surface area (Å²) in [6.07, 6.45) is 0. The highest BCUT2D eigenvalue weighted by molar-refractivity contribution is 7.09. The van der Waals surface area contributed by atoms with Crippen molar-refractivity contribution >= 4 is 17.2 Å². The molecule has 0 aliphatic carbocycles. The normalized spacial score (nSPS) is 12.8. The lowest BCUT2D eigenvalue weighted by molar-refractivity contribution is 0.0205. The molecule has 5 nitrogen and oxygen atoms in total. The van der Waals surface area contributed by atoms with Crippen LogP contribution in [0.5, 0.6) is 0 Å². The Balaban J connectivity index is 2.46. The van der Waals surface area contributed by atoms with Crippen LogP contribution in [0.25, 0.3) is 0 Å². The van der Waals surface area contributed by atoms with Crippen molar-refractivity contribution in [1.29, 1.82) is 0 Å². The predicted molar refractivity (Wildman–Crippen MR) is 63.0 cm³/mol. The van der Waals surface area contributed by atoms with Crippen LogP contribution in [-0.2, 0) is 4.84 Å². The van der Waals surface area contributed by atoms with Crippen molar-refractivity contribution in [3.05, 3.63) is 16.1 Å². The maximum Gasteiger partial charge on any atom is 0.294 e. The number of hydrogen-bond acceptors (Lipinski definition) is 5. The van der Waals surface area contributed by atoms with E-state index in [1.807, 2.05) is 20.8 Å². The fourth-order valence-electron chi connectivity index (χ4n) is 0.927. The number of nitrogens with two attached hydrogens (primary N) is 1. The molecule has 0 radical (unpaired) electrons. The van der Waals surface area contributed by atoms with Gasteiger partial charge in [0.1, 0.15) is 10.7 Å². The summed E-state index contributed by atoms with van der Waals surface area (Å²) in [6.45, 7) is 6.32. The Kier molecular flexibility index (Phi) is 4.85. The fraction of sp³-hybridized carbons (Fsp3) is 0.600. The number of nitrogens with zero attached hydrogens (tertiary/aromatic N) is 1. The average molecular weight is 243 g/mol. The first-order valence-corrected chi connectivity index (χ1v) is 6.01. The van der Waals surface area contributed by atoms with Crippen LogP contribution in [0.2, 0.25) is 0 Å². The summed E-state index contributed by atoms with van der Waals surface area (Å²) < 4.78 is 0. The zero-order valence-corrected chi connectivity index (χ0v) is 10.5. The van der Waals surface area contributed by atoms with Gasteiger partial charge in [-0.3, -0.25) is 9.63 Å². The molecule has 0 aromatic carbocycles. The van der Waals surface area contributed by atoms with Crippen molar-refractivity contribution in [3.8, 4) is 0 Å². The highest BCUT2D eigenvalue weighted by Gasteiger charge is 2.12. The van der Waals surface area contributed by atoms with Crippen LogP contribution >= 0.6 is 11.3 Å². The van der Waals surface area contributed by atoms with Crippen LogP contribution < -0.4 is 11.2 Å². The van der Waals surface area contributed by atoms with Crippen LogP contribution in [0.4, 0.5) is 0 Å². The molecule has 1 rings (SSSR count). The minimum absolute atomic E-state index is 0.150. The van der Waals surface area contributed by atoms with Crippen molar-refractivity contribution in [2.24, 2.45) is 11.7 Å². The number of aromatic nitrogens is 1. The van der Waals surface area contributed by atoms with Gasteiger partial charge in [0.25, 0.3) is 5.91 Å². The van der Waals surface area contributed by atoms with Crippen LogP contribution in [0.1, 0.15) is 42.3 Å². The van der Waals surface area contributed by atoms with Gasteiger partial charge in [0.2, 0.25) is 0 Å². The van der Waals surface area contributed by atoms with Crippen molar-refractivity contribution in [1.82, 2.24) is 10.5 Å². The Hall–Kier alpha value is -0.980. The number of nitrogens with one attached hydrogen (secondary N) is 1. The number of hydroxylamine groups is 1. The van der Waals surface area contributed by atoms with Crippen LogP contribution in [-0.4, -0.2) is 17.5 Å². The number of rotatable bonds is 5. The van der Waals surface area contributed by atoms with Crippen molar-refractivity contribution in [2.75, 3.05) is 6.61 Å². The summed E-state index contributed by atoms with van der Waals surface area (Å²) >= 11 is 1.37. The number of hydrogen-bond donors (Lipinski definition) is 2. The van der Waals surface area contributed by atoms with Gasteiger partial charge in [0.05, 0.1) is 12.6 Å². The fourth-order valence-corrected chi connectivity index (χ4v) is 1.69. The summed E-state index contributed by atoms with van der Waals surface area (Å²) in [4.78, 5) is 20.7. The van der Waals surface area contributed by atoms with Gasteiger partial charge in [0.15, 0.2) is 0 Å². The first-order chi connectivity index (χ1) is 7.50. The molecule has 1 unspecified atom stereocenters. The lowest BCUT2D eigenvalue weighted by Crippen LogP contribution is -2.26. The van der Waals surface area contributed by atoms with Gasteiger partial charge in [-0.2, -0.15) is 0 Å². The summed E-state index contributed by atoms with van der Waals surface area (Å²) in [5.74, 6) is 0.0409. The number of thiazole rings is 1. The number of carbonyl (C=O) groups is 1. The highest BCUT2D eigenvalue weighted by Crippen LogP contribution is 2.15. The third-order valence-corrected chi connectivity index (χ3v) is 2.77. The van der Waals surface area contributed by atoms with Gasteiger partial charge in [-0.1, -0.05) is 13.8 Å². The summed E-state index contributed by atoms with van der Waals surface area (Å²) in [6, 6.07) is -0.150. The Morgan fingerprint density at radius 3 is 2.81 bits per heavy atom. The van der Waals surface area contributed by atoms with E-state index in [0.29, 0.717) is 18.2 Å². The van der Waals surface area contributed by atoms with E-state index in [-0.39, 0.29) is 11.9 Å². The summed E-state index contributed by atoms with van der Waals surface area (Å²) in [5, 5.41) is 2.42. The topological polar surface area (TPSA) is 77.2 Å². The molecule has 90 valence electrons.